The number of hydrogen-bond acceptors (Lipinski definition) is 2. The second kappa shape index (κ2) is 12.0. The van der Waals surface area contributed by atoms with Gasteiger partial charge in [-0.2, -0.15) is 0 Å². The Hall–Kier alpha value is -4.01. The van der Waals surface area contributed by atoms with Crippen molar-refractivity contribution >= 4 is 46.1 Å². The second-order valence-corrected chi connectivity index (χ2v) is 12.6. The Labute approximate surface area is 224 Å². The molecule has 1 saturated heterocycles. The van der Waals surface area contributed by atoms with Crippen LogP contribution in [0.1, 0.15) is 29.6 Å². The quantitative estimate of drug-likeness (QED) is 0.264. The average molecular weight is 519 g/mol. The van der Waals surface area contributed by atoms with E-state index in [4.69, 9.17) is 0 Å². The summed E-state index contributed by atoms with van der Waals surface area (Å²) in [5.74, 6) is 1.43. The predicted molar refractivity (Wildman–Crippen MR) is 160 cm³/mol. The van der Waals surface area contributed by atoms with Crippen LogP contribution in [0.5, 0.6) is 0 Å². The summed E-state index contributed by atoms with van der Waals surface area (Å²) in [6, 6.07) is 39.9. The van der Waals surface area contributed by atoms with E-state index in [2.05, 4.69) is 41.4 Å². The molecule has 0 radical (unpaired) electrons. The van der Waals surface area contributed by atoms with Crippen molar-refractivity contribution in [2.24, 2.45) is 4.99 Å². The maximum atomic E-state index is 14.1. The van der Waals surface area contributed by atoms with Crippen molar-refractivity contribution in [2.45, 2.75) is 19.3 Å². The standard InChI is InChI=1S/C33H31N2O2P/c36-32(27-16-6-1-7-17-27)34-31(33(37)35-24-14-5-15-25-35)26-38(28-18-8-2-9-19-28,29-20-10-3-11-21-29)30-22-12-4-13-23-30/h1-4,6-13,16-23,26H,5,14-15,24-25H2. The van der Waals surface area contributed by atoms with Gasteiger partial charge < -0.3 is 4.90 Å². The molecule has 0 atom stereocenters. The van der Waals surface area contributed by atoms with Gasteiger partial charge in [0.1, 0.15) is 5.71 Å². The Morgan fingerprint density at radius 1 is 0.605 bits per heavy atom. The molecule has 5 heteroatoms. The van der Waals surface area contributed by atoms with Gasteiger partial charge in [-0.15, -0.1) is 0 Å². The smallest absolute Gasteiger partial charge is 0.277 e. The highest BCUT2D eigenvalue weighted by molar-refractivity contribution is 7.95. The molecular formula is C33H31N2O2P. The molecule has 0 unspecified atom stereocenters. The third-order valence-electron chi connectivity index (χ3n) is 6.91. The summed E-state index contributed by atoms with van der Waals surface area (Å²) in [6.07, 6.45) is 3.03. The Balaban J connectivity index is 1.81. The molecule has 0 aliphatic carbocycles. The molecule has 0 aromatic heterocycles. The number of nitrogens with zero attached hydrogens (tertiary/aromatic N) is 2. The summed E-state index contributed by atoms with van der Waals surface area (Å²) in [5, 5.41) is 3.30. The molecule has 4 aromatic carbocycles. The lowest BCUT2D eigenvalue weighted by atomic mass is 10.1. The van der Waals surface area contributed by atoms with Gasteiger partial charge >= 0.3 is 0 Å². The molecule has 0 saturated carbocycles. The number of likely N-dealkylation sites (tertiary alicyclic amines) is 1. The van der Waals surface area contributed by atoms with Crippen LogP contribution in [-0.4, -0.2) is 41.3 Å². The number of aliphatic imine (C=N–C) groups is 1. The molecule has 2 amide bonds. The van der Waals surface area contributed by atoms with E-state index in [1.807, 2.05) is 83.5 Å². The summed E-state index contributed by atoms with van der Waals surface area (Å²) in [6.45, 7) is -1.16. The van der Waals surface area contributed by atoms with Crippen LogP contribution in [0.25, 0.3) is 0 Å². The van der Waals surface area contributed by atoms with Crippen LogP contribution in [0.3, 0.4) is 0 Å². The van der Waals surface area contributed by atoms with E-state index in [1.54, 1.807) is 12.1 Å². The summed E-state index contributed by atoms with van der Waals surface area (Å²) in [5.41, 5.74) is 0.679. The van der Waals surface area contributed by atoms with Gasteiger partial charge in [0.25, 0.3) is 11.8 Å². The monoisotopic (exact) mass is 518 g/mol. The number of benzene rings is 4. The third kappa shape index (κ3) is 5.46. The number of piperidine rings is 1. The minimum Gasteiger partial charge on any atom is -0.337 e. The normalized spacial score (nSPS) is 14.1. The number of rotatable bonds is 6. The molecular weight excluding hydrogens is 487 g/mol. The van der Waals surface area contributed by atoms with Crippen LogP contribution in [0.2, 0.25) is 0 Å². The molecule has 4 nitrogen and oxygen atoms in total. The highest BCUT2D eigenvalue weighted by Gasteiger charge is 2.29. The minimum absolute atomic E-state index is 0.179. The van der Waals surface area contributed by atoms with Crippen molar-refractivity contribution in [3.8, 4) is 0 Å². The van der Waals surface area contributed by atoms with E-state index in [0.717, 1.165) is 35.2 Å². The molecule has 1 aliphatic heterocycles. The number of carbonyl (C=O) groups is 2. The van der Waals surface area contributed by atoms with E-state index < -0.39 is 12.8 Å². The molecule has 38 heavy (non-hydrogen) atoms. The Kier molecular flexibility index (Phi) is 8.11. The molecule has 5 rings (SSSR count). The van der Waals surface area contributed by atoms with E-state index in [9.17, 15) is 9.59 Å². The van der Waals surface area contributed by atoms with Gasteiger partial charge in [-0.25, -0.2) is 4.99 Å². The first-order valence-electron chi connectivity index (χ1n) is 13.1. The fourth-order valence-electron chi connectivity index (χ4n) is 4.99. The van der Waals surface area contributed by atoms with Gasteiger partial charge in [0.2, 0.25) is 0 Å². The predicted octanol–water partition coefficient (Wildman–Crippen LogP) is 5.08. The second-order valence-electron chi connectivity index (χ2n) is 9.38. The zero-order chi connectivity index (χ0) is 26.2. The highest BCUT2D eigenvalue weighted by Crippen LogP contribution is 2.43. The first-order valence-corrected chi connectivity index (χ1v) is 14.9. The summed E-state index contributed by atoms with van der Waals surface area (Å²) >= 11 is 0. The van der Waals surface area contributed by atoms with Crippen molar-refractivity contribution in [3.05, 3.63) is 127 Å². The third-order valence-corrected chi connectivity index (χ3v) is 10.9. The lowest BCUT2D eigenvalue weighted by molar-refractivity contribution is -0.124. The van der Waals surface area contributed by atoms with E-state index in [1.165, 1.54) is 0 Å². The van der Waals surface area contributed by atoms with Crippen LogP contribution in [0, 0.1) is 0 Å². The fraction of sp³-hybridized carbons (Fsp3) is 0.152. The first-order chi connectivity index (χ1) is 18.7. The molecule has 1 heterocycles. The highest BCUT2D eigenvalue weighted by atomic mass is 31.2. The number of carbonyl (C=O) groups excluding carboxylic acids is 2. The average Bonchev–Trinajstić information content (AvgIpc) is 3.01. The topological polar surface area (TPSA) is 49.7 Å². The number of amides is 2. The molecule has 1 aliphatic rings. The Morgan fingerprint density at radius 2 is 1.03 bits per heavy atom. The Bertz CT molecular complexity index is 1360. The van der Waals surface area contributed by atoms with Crippen LogP contribution in [-0.2, 0) is 4.79 Å². The van der Waals surface area contributed by atoms with Crippen molar-refractivity contribution in [3.63, 3.8) is 0 Å². The van der Waals surface area contributed by atoms with Crippen LogP contribution >= 0.6 is 6.89 Å². The summed E-state index contributed by atoms with van der Waals surface area (Å²) < 4.78 is 0. The first kappa shape index (κ1) is 25.6. The number of hydrogen-bond donors (Lipinski definition) is 0. The van der Waals surface area contributed by atoms with Gasteiger partial charge in [0.05, 0.1) is 0 Å². The van der Waals surface area contributed by atoms with E-state index in [-0.39, 0.29) is 11.6 Å². The van der Waals surface area contributed by atoms with Gasteiger partial charge in [0, 0.05) is 18.7 Å². The summed E-state index contributed by atoms with van der Waals surface area (Å²) in [7, 11) is 0. The maximum absolute atomic E-state index is 14.1. The van der Waals surface area contributed by atoms with Gasteiger partial charge in [-0.05, 0) is 60.0 Å². The van der Waals surface area contributed by atoms with Crippen LogP contribution in [0.15, 0.2) is 126 Å². The SMILES string of the molecule is O=C(N=C(C=P(c1ccccc1)(c1ccccc1)c1ccccc1)C(=O)N1CCCCC1)c1ccccc1. The zero-order valence-corrected chi connectivity index (χ0v) is 22.2. The molecule has 0 spiro atoms. The van der Waals surface area contributed by atoms with Crippen molar-refractivity contribution < 1.29 is 9.59 Å². The maximum Gasteiger partial charge on any atom is 0.277 e. The summed E-state index contributed by atoms with van der Waals surface area (Å²) in [4.78, 5) is 33.8. The van der Waals surface area contributed by atoms with Crippen molar-refractivity contribution in [1.29, 1.82) is 0 Å². The Morgan fingerprint density at radius 3 is 1.47 bits per heavy atom. The molecule has 0 bridgehead atoms. The molecule has 0 N–H and O–H groups in total. The molecule has 190 valence electrons. The van der Waals surface area contributed by atoms with Gasteiger partial charge in [-0.3, -0.25) is 9.59 Å². The lowest BCUT2D eigenvalue weighted by Crippen LogP contribution is -2.42. The zero-order valence-electron chi connectivity index (χ0n) is 21.3. The van der Waals surface area contributed by atoms with Gasteiger partial charge in [-0.1, -0.05) is 109 Å². The molecule has 1 fully saturated rings. The largest absolute Gasteiger partial charge is 0.337 e. The van der Waals surface area contributed by atoms with E-state index in [0.29, 0.717) is 18.7 Å². The van der Waals surface area contributed by atoms with Gasteiger partial charge in [0.15, 0.2) is 0 Å². The molecule has 4 aromatic rings. The minimum atomic E-state index is -2.52. The van der Waals surface area contributed by atoms with Crippen molar-refractivity contribution in [2.75, 3.05) is 13.1 Å². The van der Waals surface area contributed by atoms with Crippen LogP contribution in [0.4, 0.5) is 0 Å². The fourth-order valence-corrected chi connectivity index (χ4v) is 8.79. The van der Waals surface area contributed by atoms with Crippen LogP contribution < -0.4 is 15.9 Å². The lowest BCUT2D eigenvalue weighted by Gasteiger charge is -2.30. The van der Waals surface area contributed by atoms with Crippen molar-refractivity contribution in [1.82, 2.24) is 4.90 Å². The van der Waals surface area contributed by atoms with E-state index >= 15 is 0 Å².